The van der Waals surface area contributed by atoms with E-state index < -0.39 is 0 Å². The number of carbonyl (C=O) groups is 1. The zero-order valence-corrected chi connectivity index (χ0v) is 7.96. The summed E-state index contributed by atoms with van der Waals surface area (Å²) in [4.78, 5) is 10.9. The highest BCUT2D eigenvalue weighted by Gasteiger charge is 2.35. The minimum Gasteiger partial charge on any atom is -0.465 e. The number of allylic oxidation sites excluding steroid dienone is 1. The Morgan fingerprint density at radius 2 is 2.33 bits per heavy atom. The largest absolute Gasteiger partial charge is 0.465 e. The Hall–Kier alpha value is -0.790. The second-order valence-electron chi connectivity index (χ2n) is 3.77. The third-order valence-electron chi connectivity index (χ3n) is 2.69. The average molecular weight is 168 g/mol. The minimum absolute atomic E-state index is 0.0443. The Kier molecular flexibility index (Phi) is 2.55. The van der Waals surface area contributed by atoms with Crippen molar-refractivity contribution in [1.82, 2.24) is 0 Å². The Balaban J connectivity index is 2.72. The lowest BCUT2D eigenvalue weighted by atomic mass is 9.75. The molecule has 0 radical (unpaired) electrons. The molecule has 1 fully saturated rings. The Morgan fingerprint density at radius 1 is 1.67 bits per heavy atom. The van der Waals surface area contributed by atoms with E-state index in [1.807, 2.05) is 13.0 Å². The average Bonchev–Trinajstić information content (AvgIpc) is 1.99. The number of esters is 1. The van der Waals surface area contributed by atoms with Crippen LogP contribution in [0.1, 0.15) is 27.2 Å². The molecular formula is C10H16O2. The number of rotatable bonds is 1. The first kappa shape index (κ1) is 9.30. The summed E-state index contributed by atoms with van der Waals surface area (Å²) in [6, 6.07) is 0. The molecule has 68 valence electrons. The summed E-state index contributed by atoms with van der Waals surface area (Å²) < 4.78 is 5.03. The predicted molar refractivity (Wildman–Crippen MR) is 47.7 cm³/mol. The molecule has 1 heterocycles. The van der Waals surface area contributed by atoms with E-state index in [1.54, 1.807) is 0 Å². The van der Waals surface area contributed by atoms with Gasteiger partial charge in [0, 0.05) is 11.8 Å². The molecule has 1 rings (SSSR count). The van der Waals surface area contributed by atoms with Crippen LogP contribution >= 0.6 is 0 Å². The van der Waals surface area contributed by atoms with E-state index in [9.17, 15) is 4.79 Å². The Bertz CT molecular complexity index is 208. The summed E-state index contributed by atoms with van der Waals surface area (Å²) in [6.07, 6.45) is 4.70. The van der Waals surface area contributed by atoms with Gasteiger partial charge in [-0.1, -0.05) is 26.0 Å². The zero-order chi connectivity index (χ0) is 9.19. The lowest BCUT2D eigenvalue weighted by Crippen LogP contribution is -2.36. The molecule has 0 amide bonds. The van der Waals surface area contributed by atoms with Crippen molar-refractivity contribution in [1.29, 1.82) is 0 Å². The summed E-state index contributed by atoms with van der Waals surface area (Å²) in [6.45, 7) is 6.75. The highest BCUT2D eigenvalue weighted by molar-refractivity contribution is 5.70. The van der Waals surface area contributed by atoms with Gasteiger partial charge in [0.2, 0.25) is 0 Å². The molecule has 0 saturated carbocycles. The van der Waals surface area contributed by atoms with Crippen LogP contribution in [0.3, 0.4) is 0 Å². The fourth-order valence-electron chi connectivity index (χ4n) is 1.51. The smallest absolute Gasteiger partial charge is 0.306 e. The summed E-state index contributed by atoms with van der Waals surface area (Å²) in [7, 11) is 0. The standard InChI is InChI=1S/C10H16O2/c1-4-5-10(3)7-12-9(11)6-8(10)2/h4-5,8H,6-7H2,1-3H3/b5-4+. The molecule has 0 bridgehead atoms. The van der Waals surface area contributed by atoms with Crippen molar-refractivity contribution in [2.24, 2.45) is 11.3 Å². The van der Waals surface area contributed by atoms with Gasteiger partial charge in [0.15, 0.2) is 0 Å². The predicted octanol–water partition coefficient (Wildman–Crippen LogP) is 2.15. The molecule has 0 N–H and O–H groups in total. The first-order chi connectivity index (χ1) is 5.58. The van der Waals surface area contributed by atoms with Gasteiger partial charge in [-0.05, 0) is 12.8 Å². The maximum absolute atomic E-state index is 10.9. The molecule has 2 nitrogen and oxygen atoms in total. The molecule has 12 heavy (non-hydrogen) atoms. The second-order valence-corrected chi connectivity index (χ2v) is 3.77. The van der Waals surface area contributed by atoms with Crippen LogP contribution in [0.4, 0.5) is 0 Å². The third kappa shape index (κ3) is 1.68. The fourth-order valence-corrected chi connectivity index (χ4v) is 1.51. The monoisotopic (exact) mass is 168 g/mol. The number of hydrogen-bond donors (Lipinski definition) is 0. The van der Waals surface area contributed by atoms with Crippen molar-refractivity contribution in [2.45, 2.75) is 27.2 Å². The maximum Gasteiger partial charge on any atom is 0.306 e. The van der Waals surface area contributed by atoms with Crippen LogP contribution in [-0.2, 0) is 9.53 Å². The van der Waals surface area contributed by atoms with E-state index in [-0.39, 0.29) is 11.4 Å². The third-order valence-corrected chi connectivity index (χ3v) is 2.69. The Morgan fingerprint density at radius 3 is 2.83 bits per heavy atom. The minimum atomic E-state index is -0.0653. The SMILES string of the molecule is C/C=C/C1(C)COC(=O)CC1C. The molecule has 2 unspecified atom stereocenters. The van der Waals surface area contributed by atoms with Gasteiger partial charge in [0.05, 0.1) is 0 Å². The molecule has 0 aromatic carbocycles. The summed E-state index contributed by atoms with van der Waals surface area (Å²) in [5.41, 5.74) is 0.0443. The quantitative estimate of drug-likeness (QED) is 0.443. The van der Waals surface area contributed by atoms with Crippen molar-refractivity contribution >= 4 is 5.97 Å². The maximum atomic E-state index is 10.9. The van der Waals surface area contributed by atoms with E-state index in [0.29, 0.717) is 18.9 Å². The van der Waals surface area contributed by atoms with Crippen LogP contribution in [0, 0.1) is 11.3 Å². The summed E-state index contributed by atoms with van der Waals surface area (Å²) in [5.74, 6) is 0.319. The van der Waals surface area contributed by atoms with Gasteiger partial charge in [-0.2, -0.15) is 0 Å². The van der Waals surface area contributed by atoms with Crippen molar-refractivity contribution in [3.8, 4) is 0 Å². The number of ether oxygens (including phenoxy) is 1. The highest BCUT2D eigenvalue weighted by atomic mass is 16.5. The molecule has 2 atom stereocenters. The van der Waals surface area contributed by atoms with Gasteiger partial charge in [-0.15, -0.1) is 0 Å². The van der Waals surface area contributed by atoms with Crippen LogP contribution in [-0.4, -0.2) is 12.6 Å². The van der Waals surface area contributed by atoms with Crippen LogP contribution in [0.15, 0.2) is 12.2 Å². The molecule has 2 heteroatoms. The van der Waals surface area contributed by atoms with Gasteiger partial charge < -0.3 is 4.74 Å². The lowest BCUT2D eigenvalue weighted by molar-refractivity contribution is -0.155. The van der Waals surface area contributed by atoms with Crippen molar-refractivity contribution < 1.29 is 9.53 Å². The van der Waals surface area contributed by atoms with Crippen LogP contribution in [0.2, 0.25) is 0 Å². The first-order valence-electron chi connectivity index (χ1n) is 4.38. The van der Waals surface area contributed by atoms with E-state index in [2.05, 4.69) is 19.9 Å². The summed E-state index contributed by atoms with van der Waals surface area (Å²) >= 11 is 0. The van der Waals surface area contributed by atoms with Gasteiger partial charge in [0.1, 0.15) is 6.61 Å². The van der Waals surface area contributed by atoms with E-state index in [0.717, 1.165) is 0 Å². The molecular weight excluding hydrogens is 152 g/mol. The molecule has 0 aromatic heterocycles. The van der Waals surface area contributed by atoms with Gasteiger partial charge in [-0.3, -0.25) is 4.79 Å². The van der Waals surface area contributed by atoms with Crippen LogP contribution in [0.5, 0.6) is 0 Å². The Labute approximate surface area is 73.6 Å². The van der Waals surface area contributed by atoms with Gasteiger partial charge >= 0.3 is 5.97 Å². The van der Waals surface area contributed by atoms with Crippen molar-refractivity contribution in [3.63, 3.8) is 0 Å². The molecule has 1 aliphatic heterocycles. The van der Waals surface area contributed by atoms with Crippen molar-refractivity contribution in [3.05, 3.63) is 12.2 Å². The molecule has 1 aliphatic rings. The van der Waals surface area contributed by atoms with E-state index >= 15 is 0 Å². The molecule has 0 aliphatic carbocycles. The summed E-state index contributed by atoms with van der Waals surface area (Å²) in [5, 5.41) is 0. The zero-order valence-electron chi connectivity index (χ0n) is 7.96. The normalized spacial score (nSPS) is 36.9. The highest BCUT2D eigenvalue weighted by Crippen LogP contribution is 2.35. The first-order valence-corrected chi connectivity index (χ1v) is 4.38. The van der Waals surface area contributed by atoms with Crippen molar-refractivity contribution in [2.75, 3.05) is 6.61 Å². The number of cyclic esters (lactones) is 1. The van der Waals surface area contributed by atoms with Crippen LogP contribution in [0.25, 0.3) is 0 Å². The van der Waals surface area contributed by atoms with Crippen LogP contribution < -0.4 is 0 Å². The molecule has 0 spiro atoms. The second kappa shape index (κ2) is 3.30. The van der Waals surface area contributed by atoms with Gasteiger partial charge in [-0.25, -0.2) is 0 Å². The van der Waals surface area contributed by atoms with E-state index in [4.69, 9.17) is 4.74 Å². The lowest BCUT2D eigenvalue weighted by Gasteiger charge is -2.35. The molecule has 0 aromatic rings. The topological polar surface area (TPSA) is 26.3 Å². The van der Waals surface area contributed by atoms with Gasteiger partial charge in [0.25, 0.3) is 0 Å². The fraction of sp³-hybridized carbons (Fsp3) is 0.700. The number of carbonyl (C=O) groups excluding carboxylic acids is 1. The number of hydrogen-bond acceptors (Lipinski definition) is 2. The van der Waals surface area contributed by atoms with E-state index in [1.165, 1.54) is 0 Å². The molecule has 1 saturated heterocycles.